The monoisotopic (exact) mass is 126 g/mol. The molecule has 52 valence electrons. The molecule has 9 heavy (non-hydrogen) atoms. The zero-order valence-corrected chi connectivity index (χ0v) is 5.81. The molecule has 2 heterocycles. The average molecular weight is 126 g/mol. The van der Waals surface area contributed by atoms with Crippen LogP contribution in [0.15, 0.2) is 0 Å². The minimum Gasteiger partial charge on any atom is -0.381 e. The first kappa shape index (κ1) is 5.72. The van der Waals surface area contributed by atoms with Gasteiger partial charge in [0, 0.05) is 13.2 Å². The molecule has 1 heteroatoms. The number of fused-ring (bicyclic) bond motifs is 4. The van der Waals surface area contributed by atoms with Gasteiger partial charge in [-0.1, -0.05) is 0 Å². The molecule has 0 radical (unpaired) electrons. The van der Waals surface area contributed by atoms with Crippen molar-refractivity contribution in [2.45, 2.75) is 25.7 Å². The smallest absolute Gasteiger partial charge is 0.0494 e. The lowest BCUT2D eigenvalue weighted by Crippen LogP contribution is -2.30. The van der Waals surface area contributed by atoms with E-state index in [9.17, 15) is 0 Å². The van der Waals surface area contributed by atoms with Crippen molar-refractivity contribution in [1.82, 2.24) is 0 Å². The second-order valence-corrected chi connectivity index (χ2v) is 3.42. The summed E-state index contributed by atoms with van der Waals surface area (Å²) in [7, 11) is 0. The van der Waals surface area contributed by atoms with Gasteiger partial charge in [0.15, 0.2) is 0 Å². The number of ether oxygens (including phenoxy) is 1. The van der Waals surface area contributed by atoms with E-state index in [2.05, 4.69) is 0 Å². The molecule has 3 aliphatic rings. The van der Waals surface area contributed by atoms with E-state index in [1.54, 1.807) is 0 Å². The summed E-state index contributed by atoms with van der Waals surface area (Å²) < 4.78 is 5.42. The third-order valence-electron chi connectivity index (χ3n) is 2.59. The van der Waals surface area contributed by atoms with E-state index in [1.165, 1.54) is 25.7 Å². The van der Waals surface area contributed by atoms with Gasteiger partial charge in [0.2, 0.25) is 0 Å². The molecule has 1 saturated carbocycles. The molecule has 0 aromatic carbocycles. The highest BCUT2D eigenvalue weighted by molar-refractivity contribution is 4.80. The van der Waals surface area contributed by atoms with Gasteiger partial charge in [-0.3, -0.25) is 0 Å². The summed E-state index contributed by atoms with van der Waals surface area (Å²) in [6.45, 7) is 2.07. The maximum Gasteiger partial charge on any atom is 0.0494 e. The van der Waals surface area contributed by atoms with Crippen molar-refractivity contribution in [3.8, 4) is 0 Å². The molecular formula is C8H14O. The van der Waals surface area contributed by atoms with E-state index >= 15 is 0 Å². The van der Waals surface area contributed by atoms with Crippen LogP contribution in [-0.4, -0.2) is 13.2 Å². The fraction of sp³-hybridized carbons (Fsp3) is 1.00. The molecule has 0 N–H and O–H groups in total. The minimum absolute atomic E-state index is 0.940. The fourth-order valence-corrected chi connectivity index (χ4v) is 1.97. The summed E-state index contributed by atoms with van der Waals surface area (Å²) >= 11 is 0. The molecule has 0 amide bonds. The number of rotatable bonds is 0. The van der Waals surface area contributed by atoms with Crippen LogP contribution in [0.3, 0.4) is 0 Å². The van der Waals surface area contributed by atoms with Crippen molar-refractivity contribution in [3.63, 3.8) is 0 Å². The van der Waals surface area contributed by atoms with Crippen molar-refractivity contribution < 1.29 is 4.74 Å². The highest BCUT2D eigenvalue weighted by atomic mass is 16.5. The van der Waals surface area contributed by atoms with Crippen molar-refractivity contribution in [1.29, 1.82) is 0 Å². The van der Waals surface area contributed by atoms with Gasteiger partial charge in [0.05, 0.1) is 0 Å². The average Bonchev–Trinajstić information content (AvgIpc) is 1.54. The Morgan fingerprint density at radius 1 is 1.11 bits per heavy atom. The van der Waals surface area contributed by atoms with Gasteiger partial charge < -0.3 is 4.74 Å². The predicted molar refractivity (Wildman–Crippen MR) is 36.3 cm³/mol. The molecule has 3 fully saturated rings. The zero-order chi connectivity index (χ0) is 6.10. The first-order valence-corrected chi connectivity index (χ1v) is 4.03. The van der Waals surface area contributed by atoms with Crippen LogP contribution in [0.1, 0.15) is 25.7 Å². The summed E-state index contributed by atoms with van der Waals surface area (Å²) in [5.41, 5.74) is 0. The summed E-state index contributed by atoms with van der Waals surface area (Å²) in [5.74, 6) is 2.02. The Balaban J connectivity index is 1.85. The van der Waals surface area contributed by atoms with E-state index in [0.29, 0.717) is 0 Å². The zero-order valence-electron chi connectivity index (χ0n) is 5.81. The van der Waals surface area contributed by atoms with Gasteiger partial charge >= 0.3 is 0 Å². The summed E-state index contributed by atoms with van der Waals surface area (Å²) in [6, 6.07) is 0. The predicted octanol–water partition coefficient (Wildman–Crippen LogP) is 1.82. The molecule has 2 saturated heterocycles. The van der Waals surface area contributed by atoms with E-state index in [-0.39, 0.29) is 0 Å². The van der Waals surface area contributed by atoms with Gasteiger partial charge in [-0.05, 0) is 37.5 Å². The first-order valence-electron chi connectivity index (χ1n) is 4.03. The molecule has 0 unspecified atom stereocenters. The lowest BCUT2D eigenvalue weighted by atomic mass is 9.73. The normalized spacial score (nSPS) is 42.7. The van der Waals surface area contributed by atoms with E-state index < -0.39 is 0 Å². The molecule has 1 nitrogen and oxygen atoms in total. The lowest BCUT2D eigenvalue weighted by molar-refractivity contribution is 0.0107. The Morgan fingerprint density at radius 3 is 2.89 bits per heavy atom. The minimum atomic E-state index is 0.940. The maximum atomic E-state index is 5.42. The topological polar surface area (TPSA) is 9.23 Å². The van der Waals surface area contributed by atoms with Gasteiger partial charge in [-0.2, -0.15) is 0 Å². The molecule has 0 atom stereocenters. The number of hydrogen-bond acceptors (Lipinski definition) is 1. The largest absolute Gasteiger partial charge is 0.381 e. The Bertz CT molecular complexity index is 79.2. The Hall–Kier alpha value is -0.0400. The van der Waals surface area contributed by atoms with Crippen LogP contribution < -0.4 is 0 Å². The third kappa shape index (κ3) is 1.11. The molecule has 1 aliphatic carbocycles. The summed E-state index contributed by atoms with van der Waals surface area (Å²) in [5, 5.41) is 0. The highest BCUT2D eigenvalue weighted by Gasteiger charge is 2.29. The lowest BCUT2D eigenvalue weighted by Gasteiger charge is -2.37. The van der Waals surface area contributed by atoms with Crippen molar-refractivity contribution >= 4 is 0 Å². The SMILES string of the molecule is C1COCC2CC(C1)C2. The summed E-state index contributed by atoms with van der Waals surface area (Å²) in [4.78, 5) is 0. The highest BCUT2D eigenvalue weighted by Crippen LogP contribution is 2.38. The van der Waals surface area contributed by atoms with Gasteiger partial charge in [-0.15, -0.1) is 0 Å². The number of hydrogen-bond donors (Lipinski definition) is 0. The van der Waals surface area contributed by atoms with Crippen molar-refractivity contribution in [2.75, 3.05) is 13.2 Å². The molecule has 0 aromatic rings. The van der Waals surface area contributed by atoms with Crippen molar-refractivity contribution in [2.24, 2.45) is 11.8 Å². The maximum absolute atomic E-state index is 5.42. The van der Waals surface area contributed by atoms with Gasteiger partial charge in [0.25, 0.3) is 0 Å². The quantitative estimate of drug-likeness (QED) is 0.481. The standard InChI is InChI=1S/C8H14O/c1-2-7-4-8(5-7)6-9-3-1/h7-8H,1-6H2. The Kier molecular flexibility index (Phi) is 1.46. The fourth-order valence-electron chi connectivity index (χ4n) is 1.97. The van der Waals surface area contributed by atoms with Crippen LogP contribution in [0.4, 0.5) is 0 Å². The van der Waals surface area contributed by atoms with Crippen LogP contribution in [-0.2, 0) is 4.74 Å². The van der Waals surface area contributed by atoms with E-state index in [0.717, 1.165) is 25.0 Å². The Labute approximate surface area is 56.4 Å². The van der Waals surface area contributed by atoms with Crippen LogP contribution in [0.25, 0.3) is 0 Å². The van der Waals surface area contributed by atoms with E-state index in [1.807, 2.05) is 0 Å². The van der Waals surface area contributed by atoms with Crippen molar-refractivity contribution in [3.05, 3.63) is 0 Å². The van der Waals surface area contributed by atoms with E-state index in [4.69, 9.17) is 4.74 Å². The molecule has 0 spiro atoms. The molecule has 2 aliphatic heterocycles. The van der Waals surface area contributed by atoms with Crippen LogP contribution in [0, 0.1) is 11.8 Å². The third-order valence-corrected chi connectivity index (χ3v) is 2.59. The van der Waals surface area contributed by atoms with Gasteiger partial charge in [0.1, 0.15) is 0 Å². The second kappa shape index (κ2) is 2.30. The molecular weight excluding hydrogens is 112 g/mol. The first-order chi connectivity index (χ1) is 4.45. The summed E-state index contributed by atoms with van der Waals surface area (Å²) in [6.07, 6.45) is 5.65. The molecule has 0 aromatic heterocycles. The van der Waals surface area contributed by atoms with Crippen LogP contribution >= 0.6 is 0 Å². The van der Waals surface area contributed by atoms with Gasteiger partial charge in [-0.25, -0.2) is 0 Å². The molecule has 2 bridgehead atoms. The Morgan fingerprint density at radius 2 is 2.00 bits per heavy atom. The van der Waals surface area contributed by atoms with Crippen LogP contribution in [0.5, 0.6) is 0 Å². The van der Waals surface area contributed by atoms with Crippen LogP contribution in [0.2, 0.25) is 0 Å². The molecule has 3 rings (SSSR count). The second-order valence-electron chi connectivity index (χ2n) is 3.42.